The number of likely N-dealkylation sites (tertiary alicyclic amines) is 1. The third kappa shape index (κ3) is 4.50. The summed E-state index contributed by atoms with van der Waals surface area (Å²) in [5.74, 6) is -0.319. The van der Waals surface area contributed by atoms with Crippen molar-refractivity contribution in [2.75, 3.05) is 25.0 Å². The zero-order valence-corrected chi connectivity index (χ0v) is 20.3. The molecule has 0 bridgehead atoms. The minimum Gasteiger partial charge on any atom is -0.466 e. The van der Waals surface area contributed by atoms with E-state index in [1.165, 1.54) is 11.3 Å². The van der Waals surface area contributed by atoms with Gasteiger partial charge in [0.05, 0.1) is 36.0 Å². The van der Waals surface area contributed by atoms with Crippen LogP contribution in [0.5, 0.6) is 0 Å². The van der Waals surface area contributed by atoms with Gasteiger partial charge < -0.3 is 24.8 Å². The zero-order chi connectivity index (χ0) is 24.4. The van der Waals surface area contributed by atoms with Crippen LogP contribution in [0.25, 0.3) is 5.69 Å². The van der Waals surface area contributed by atoms with Crippen LogP contribution in [-0.4, -0.2) is 41.2 Å². The first kappa shape index (κ1) is 23.0. The maximum Gasteiger partial charge on any atom is 0.317 e. The van der Waals surface area contributed by atoms with Crippen molar-refractivity contribution in [1.82, 2.24) is 14.8 Å². The highest BCUT2D eigenvalue weighted by atomic mass is 16.5. The molecule has 1 spiro atoms. The van der Waals surface area contributed by atoms with Gasteiger partial charge in [0, 0.05) is 25.0 Å². The number of urea groups is 1. The second-order valence-corrected chi connectivity index (χ2v) is 9.40. The summed E-state index contributed by atoms with van der Waals surface area (Å²) in [6, 6.07) is 19.8. The number of hydrogen-bond donors (Lipinski definition) is 2. The molecule has 3 heterocycles. The van der Waals surface area contributed by atoms with Gasteiger partial charge in [-0.2, -0.15) is 0 Å². The van der Waals surface area contributed by atoms with Crippen molar-refractivity contribution in [2.24, 2.45) is 0 Å². The van der Waals surface area contributed by atoms with Crippen molar-refractivity contribution in [3.8, 4) is 5.69 Å². The van der Waals surface area contributed by atoms with E-state index in [0.717, 1.165) is 29.8 Å². The Morgan fingerprint density at radius 2 is 1.86 bits per heavy atom. The molecule has 7 heteroatoms. The Hall–Kier alpha value is -3.74. The van der Waals surface area contributed by atoms with E-state index in [2.05, 4.69) is 58.7 Å². The first-order valence-corrected chi connectivity index (χ1v) is 12.3. The normalized spacial score (nSPS) is 16.6. The topological polar surface area (TPSA) is 75.6 Å². The second-order valence-electron chi connectivity index (χ2n) is 9.40. The fraction of sp³-hybridized carbons (Fsp3) is 0.357. The van der Waals surface area contributed by atoms with Crippen molar-refractivity contribution in [3.63, 3.8) is 0 Å². The van der Waals surface area contributed by atoms with Gasteiger partial charge in [0.15, 0.2) is 0 Å². The number of amides is 2. The van der Waals surface area contributed by atoms with Gasteiger partial charge in [-0.15, -0.1) is 0 Å². The van der Waals surface area contributed by atoms with E-state index in [9.17, 15) is 9.59 Å². The molecule has 5 rings (SSSR count). The Morgan fingerprint density at radius 3 is 2.60 bits per heavy atom. The minimum atomic E-state index is -0.432. The number of hydrogen-bond acceptors (Lipinski definition) is 4. The molecule has 1 aromatic heterocycles. The van der Waals surface area contributed by atoms with Crippen molar-refractivity contribution in [3.05, 3.63) is 83.7 Å². The molecule has 0 unspecified atom stereocenters. The van der Waals surface area contributed by atoms with Crippen molar-refractivity contribution < 1.29 is 14.3 Å². The Bertz CT molecular complexity index is 1210. The molecule has 1 fully saturated rings. The first-order chi connectivity index (χ1) is 17.0. The molecular formula is C28H32N4O3. The fourth-order valence-electron chi connectivity index (χ4n) is 5.30. The predicted molar refractivity (Wildman–Crippen MR) is 136 cm³/mol. The van der Waals surface area contributed by atoms with Crippen LogP contribution in [-0.2, 0) is 15.1 Å². The molecular weight excluding hydrogens is 440 g/mol. The zero-order valence-electron chi connectivity index (χ0n) is 20.3. The highest BCUT2D eigenvalue weighted by Crippen LogP contribution is 2.43. The van der Waals surface area contributed by atoms with Crippen LogP contribution >= 0.6 is 0 Å². The van der Waals surface area contributed by atoms with Crippen LogP contribution in [0.15, 0.2) is 66.9 Å². The van der Waals surface area contributed by atoms with E-state index < -0.39 is 6.04 Å². The molecule has 2 amide bonds. The summed E-state index contributed by atoms with van der Waals surface area (Å²) in [4.78, 5) is 27.3. The van der Waals surface area contributed by atoms with Crippen LogP contribution in [0.2, 0.25) is 0 Å². The standard InChI is InChI=1S/C28H32N4O3/c1-3-35-26(33)19-22(21-8-5-4-6-9-21)29-27(34)31-16-13-28(14-17-31)25-10-7-15-32(25)24-12-11-20(2)18-23(24)30-28/h4-12,15,18,22,30H,3,13-14,16-17,19H2,1-2H3,(H,29,34)/t22-/m0/s1. The molecule has 0 saturated carbocycles. The van der Waals surface area contributed by atoms with E-state index in [4.69, 9.17) is 4.74 Å². The van der Waals surface area contributed by atoms with Crippen LogP contribution in [0.3, 0.4) is 0 Å². The molecule has 35 heavy (non-hydrogen) atoms. The molecule has 2 aliphatic heterocycles. The van der Waals surface area contributed by atoms with Crippen LogP contribution in [0, 0.1) is 6.92 Å². The number of ether oxygens (including phenoxy) is 1. The van der Waals surface area contributed by atoms with Gasteiger partial charge in [0.25, 0.3) is 0 Å². The quantitative estimate of drug-likeness (QED) is 0.518. The molecule has 2 aliphatic rings. The SMILES string of the molecule is CCOC(=O)C[C@H](NC(=O)N1CCC2(CC1)Nc1cc(C)ccc1-n1cccc12)c1ccccc1. The molecule has 2 N–H and O–H groups in total. The van der Waals surface area contributed by atoms with E-state index >= 15 is 0 Å². The molecule has 182 valence electrons. The van der Waals surface area contributed by atoms with Gasteiger partial charge in [0.1, 0.15) is 0 Å². The lowest BCUT2D eigenvalue weighted by atomic mass is 9.82. The van der Waals surface area contributed by atoms with E-state index in [0.29, 0.717) is 19.7 Å². The summed E-state index contributed by atoms with van der Waals surface area (Å²) in [7, 11) is 0. The maximum atomic E-state index is 13.3. The Labute approximate surface area is 206 Å². The number of benzene rings is 2. The van der Waals surface area contributed by atoms with Crippen molar-refractivity contribution >= 4 is 17.7 Å². The van der Waals surface area contributed by atoms with Crippen molar-refractivity contribution in [1.29, 1.82) is 0 Å². The monoisotopic (exact) mass is 472 g/mol. The number of piperidine rings is 1. The third-order valence-electron chi connectivity index (χ3n) is 7.10. The molecule has 0 aliphatic carbocycles. The Morgan fingerprint density at radius 1 is 1.09 bits per heavy atom. The fourth-order valence-corrected chi connectivity index (χ4v) is 5.30. The van der Waals surface area contributed by atoms with Crippen LogP contribution in [0.1, 0.15) is 49.0 Å². The van der Waals surface area contributed by atoms with Crippen LogP contribution < -0.4 is 10.6 Å². The number of aromatic nitrogens is 1. The van der Waals surface area contributed by atoms with Gasteiger partial charge in [0.2, 0.25) is 0 Å². The number of aryl methyl sites for hydroxylation is 1. The minimum absolute atomic E-state index is 0.104. The number of carbonyl (C=O) groups excluding carboxylic acids is 2. The summed E-state index contributed by atoms with van der Waals surface area (Å²) in [6.07, 6.45) is 3.81. The summed E-state index contributed by atoms with van der Waals surface area (Å²) in [5, 5.41) is 6.90. The van der Waals surface area contributed by atoms with Gasteiger partial charge in [-0.3, -0.25) is 4.79 Å². The summed E-state index contributed by atoms with van der Waals surface area (Å²) >= 11 is 0. The second kappa shape index (κ2) is 9.49. The lowest BCUT2D eigenvalue weighted by molar-refractivity contribution is -0.143. The number of anilines is 1. The predicted octanol–water partition coefficient (Wildman–Crippen LogP) is 4.91. The number of rotatable bonds is 5. The maximum absolute atomic E-state index is 13.3. The number of fused-ring (bicyclic) bond motifs is 4. The number of esters is 1. The van der Waals surface area contributed by atoms with Crippen molar-refractivity contribution in [2.45, 2.75) is 44.7 Å². The largest absolute Gasteiger partial charge is 0.466 e. The van der Waals surface area contributed by atoms with E-state index in [1.54, 1.807) is 6.92 Å². The van der Waals surface area contributed by atoms with Gasteiger partial charge in [-0.05, 0) is 62.1 Å². The summed E-state index contributed by atoms with van der Waals surface area (Å²) in [5.41, 5.74) is 5.41. The lowest BCUT2D eigenvalue weighted by Gasteiger charge is -2.46. The van der Waals surface area contributed by atoms with Gasteiger partial charge >= 0.3 is 12.0 Å². The molecule has 7 nitrogen and oxygen atoms in total. The van der Waals surface area contributed by atoms with Gasteiger partial charge in [-0.1, -0.05) is 36.4 Å². The van der Waals surface area contributed by atoms with E-state index in [-0.39, 0.29) is 24.0 Å². The van der Waals surface area contributed by atoms with Gasteiger partial charge in [-0.25, -0.2) is 4.79 Å². The number of carbonyl (C=O) groups is 2. The molecule has 0 radical (unpaired) electrons. The molecule has 1 atom stereocenters. The Balaban J connectivity index is 1.30. The highest BCUT2D eigenvalue weighted by molar-refractivity contribution is 5.77. The summed E-state index contributed by atoms with van der Waals surface area (Å²) < 4.78 is 7.41. The average Bonchev–Trinajstić information content (AvgIpc) is 3.36. The first-order valence-electron chi connectivity index (χ1n) is 12.3. The molecule has 2 aromatic carbocycles. The summed E-state index contributed by atoms with van der Waals surface area (Å²) in [6.45, 7) is 5.44. The lowest BCUT2D eigenvalue weighted by Crippen LogP contribution is -2.53. The average molecular weight is 473 g/mol. The molecule has 3 aromatic rings. The van der Waals surface area contributed by atoms with Crippen LogP contribution in [0.4, 0.5) is 10.5 Å². The number of nitrogens with zero attached hydrogens (tertiary/aromatic N) is 2. The Kier molecular flexibility index (Phi) is 6.24. The number of nitrogens with one attached hydrogen (secondary N) is 2. The molecule has 1 saturated heterocycles. The van der Waals surface area contributed by atoms with E-state index in [1.807, 2.05) is 35.2 Å². The smallest absolute Gasteiger partial charge is 0.317 e. The highest BCUT2D eigenvalue weighted by Gasteiger charge is 2.42. The third-order valence-corrected chi connectivity index (χ3v) is 7.10.